The zero-order valence-corrected chi connectivity index (χ0v) is 9.13. The van der Waals surface area contributed by atoms with Gasteiger partial charge in [0.2, 0.25) is 0 Å². The van der Waals surface area contributed by atoms with Crippen LogP contribution in [0.3, 0.4) is 0 Å². The highest BCUT2D eigenvalue weighted by molar-refractivity contribution is 7.07. The molecular formula is C10H13NO3S. The maximum Gasteiger partial charge on any atom is 0.310 e. The molecule has 0 spiro atoms. The Labute approximate surface area is 91.9 Å². The Hall–Kier alpha value is -0.940. The molecule has 0 aliphatic carbocycles. The monoisotopic (exact) mass is 227 g/mol. The van der Waals surface area contributed by atoms with Gasteiger partial charge in [-0.3, -0.25) is 4.79 Å². The van der Waals surface area contributed by atoms with E-state index in [-0.39, 0.29) is 0 Å². The predicted molar refractivity (Wildman–Crippen MR) is 55.9 cm³/mol. The summed E-state index contributed by atoms with van der Waals surface area (Å²) in [5, 5.41) is 11.2. The first-order valence-electron chi connectivity index (χ1n) is 4.91. The Bertz CT molecular complexity index is 330. The number of carboxylic acid groups (broad SMARTS) is 1. The van der Waals surface area contributed by atoms with Crippen LogP contribution >= 0.6 is 11.3 Å². The van der Waals surface area contributed by atoms with E-state index in [2.05, 4.69) is 4.98 Å². The fraction of sp³-hybridized carbons (Fsp3) is 0.600. The van der Waals surface area contributed by atoms with Gasteiger partial charge in [0, 0.05) is 25.0 Å². The van der Waals surface area contributed by atoms with Gasteiger partial charge in [0.1, 0.15) is 0 Å². The number of thiazole rings is 1. The number of aliphatic carboxylic acids is 1. The Morgan fingerprint density at radius 1 is 1.60 bits per heavy atom. The van der Waals surface area contributed by atoms with Crippen LogP contribution in [0.25, 0.3) is 0 Å². The summed E-state index contributed by atoms with van der Waals surface area (Å²) in [5.74, 6) is -0.723. The van der Waals surface area contributed by atoms with Crippen LogP contribution in [0, 0.1) is 5.41 Å². The van der Waals surface area contributed by atoms with Gasteiger partial charge in [-0.05, 0) is 12.8 Å². The van der Waals surface area contributed by atoms with Crippen molar-refractivity contribution in [1.82, 2.24) is 4.98 Å². The van der Waals surface area contributed by atoms with Crippen molar-refractivity contribution in [3.05, 3.63) is 16.6 Å². The van der Waals surface area contributed by atoms with Gasteiger partial charge in [-0.15, -0.1) is 11.3 Å². The molecule has 82 valence electrons. The molecule has 1 fully saturated rings. The highest BCUT2D eigenvalue weighted by atomic mass is 32.1. The second-order valence-electron chi connectivity index (χ2n) is 3.85. The lowest BCUT2D eigenvalue weighted by Gasteiger charge is -2.32. The smallest absolute Gasteiger partial charge is 0.310 e. The van der Waals surface area contributed by atoms with Crippen molar-refractivity contribution in [3.8, 4) is 0 Å². The molecule has 0 amide bonds. The first-order valence-corrected chi connectivity index (χ1v) is 5.85. The molecule has 0 bridgehead atoms. The van der Waals surface area contributed by atoms with Crippen molar-refractivity contribution in [2.75, 3.05) is 13.2 Å². The largest absolute Gasteiger partial charge is 0.481 e. The molecule has 5 heteroatoms. The number of aromatic nitrogens is 1. The molecule has 2 rings (SSSR count). The highest BCUT2D eigenvalue weighted by Crippen LogP contribution is 2.34. The zero-order chi connectivity index (χ0) is 10.7. The minimum Gasteiger partial charge on any atom is -0.481 e. The Kier molecular flexibility index (Phi) is 3.02. The SMILES string of the molecule is O=C(O)C1(Cc2cscn2)CCOCC1. The fourth-order valence-corrected chi connectivity index (χ4v) is 2.46. The topological polar surface area (TPSA) is 59.4 Å². The molecule has 0 saturated carbocycles. The van der Waals surface area contributed by atoms with E-state index in [9.17, 15) is 9.90 Å². The maximum atomic E-state index is 11.3. The van der Waals surface area contributed by atoms with Crippen LogP contribution in [0.1, 0.15) is 18.5 Å². The number of carboxylic acids is 1. The summed E-state index contributed by atoms with van der Waals surface area (Å²) < 4.78 is 5.21. The number of hydrogen-bond acceptors (Lipinski definition) is 4. The molecule has 1 aliphatic heterocycles. The van der Waals surface area contributed by atoms with Crippen LogP contribution in [-0.2, 0) is 16.0 Å². The summed E-state index contributed by atoms with van der Waals surface area (Å²) in [4.78, 5) is 15.5. The van der Waals surface area contributed by atoms with Gasteiger partial charge in [-0.1, -0.05) is 0 Å². The molecule has 1 aromatic heterocycles. The lowest BCUT2D eigenvalue weighted by Crippen LogP contribution is -2.39. The second-order valence-corrected chi connectivity index (χ2v) is 4.57. The van der Waals surface area contributed by atoms with Gasteiger partial charge in [-0.2, -0.15) is 0 Å². The lowest BCUT2D eigenvalue weighted by atomic mass is 9.76. The predicted octanol–water partition coefficient (Wildman–Crippen LogP) is 1.57. The van der Waals surface area contributed by atoms with Gasteiger partial charge in [0.25, 0.3) is 0 Å². The van der Waals surface area contributed by atoms with E-state index >= 15 is 0 Å². The van der Waals surface area contributed by atoms with Gasteiger partial charge < -0.3 is 9.84 Å². The Morgan fingerprint density at radius 3 is 2.87 bits per heavy atom. The molecule has 0 unspecified atom stereocenters. The van der Waals surface area contributed by atoms with Gasteiger partial charge in [0.15, 0.2) is 0 Å². The molecule has 1 N–H and O–H groups in total. The van der Waals surface area contributed by atoms with Crippen LogP contribution in [0.4, 0.5) is 0 Å². The molecule has 1 saturated heterocycles. The lowest BCUT2D eigenvalue weighted by molar-refractivity contribution is -0.154. The molecule has 0 aromatic carbocycles. The van der Waals surface area contributed by atoms with E-state index in [1.54, 1.807) is 5.51 Å². The number of rotatable bonds is 3. The minimum atomic E-state index is -0.723. The third-order valence-electron chi connectivity index (χ3n) is 2.91. The summed E-state index contributed by atoms with van der Waals surface area (Å²) in [5.41, 5.74) is 1.96. The first-order chi connectivity index (χ1) is 7.23. The maximum absolute atomic E-state index is 11.3. The van der Waals surface area contributed by atoms with Crippen molar-refractivity contribution in [3.63, 3.8) is 0 Å². The molecule has 2 heterocycles. The Morgan fingerprint density at radius 2 is 2.33 bits per heavy atom. The summed E-state index contributed by atoms with van der Waals surface area (Å²) in [7, 11) is 0. The van der Waals surface area contributed by atoms with E-state index in [0.29, 0.717) is 32.5 Å². The zero-order valence-electron chi connectivity index (χ0n) is 8.31. The minimum absolute atomic E-state index is 0.523. The number of nitrogens with zero attached hydrogens (tertiary/aromatic N) is 1. The number of ether oxygens (including phenoxy) is 1. The van der Waals surface area contributed by atoms with E-state index in [1.165, 1.54) is 11.3 Å². The van der Waals surface area contributed by atoms with Crippen LogP contribution in [0.5, 0.6) is 0 Å². The average Bonchev–Trinajstić information content (AvgIpc) is 2.71. The van der Waals surface area contributed by atoms with Crippen molar-refractivity contribution >= 4 is 17.3 Å². The molecule has 0 atom stereocenters. The molecule has 0 radical (unpaired) electrons. The second kappa shape index (κ2) is 4.28. The van der Waals surface area contributed by atoms with Crippen LogP contribution < -0.4 is 0 Å². The van der Waals surface area contributed by atoms with Crippen molar-refractivity contribution in [2.45, 2.75) is 19.3 Å². The van der Waals surface area contributed by atoms with E-state index in [0.717, 1.165) is 5.69 Å². The summed E-state index contributed by atoms with van der Waals surface area (Å²) >= 11 is 1.50. The van der Waals surface area contributed by atoms with Gasteiger partial charge in [-0.25, -0.2) is 4.98 Å². The van der Waals surface area contributed by atoms with Crippen LogP contribution in [0.15, 0.2) is 10.9 Å². The number of carbonyl (C=O) groups is 1. The molecule has 1 aromatic rings. The van der Waals surface area contributed by atoms with Crippen LogP contribution in [0.2, 0.25) is 0 Å². The molecule has 1 aliphatic rings. The summed E-state index contributed by atoms with van der Waals surface area (Å²) in [6.45, 7) is 1.08. The summed E-state index contributed by atoms with van der Waals surface area (Å²) in [6, 6.07) is 0. The fourth-order valence-electron chi connectivity index (χ4n) is 1.90. The molecular weight excluding hydrogens is 214 g/mol. The molecule has 4 nitrogen and oxygen atoms in total. The first kappa shape index (κ1) is 10.6. The quantitative estimate of drug-likeness (QED) is 0.851. The average molecular weight is 227 g/mol. The normalized spacial score (nSPS) is 20.0. The van der Waals surface area contributed by atoms with Gasteiger partial charge >= 0.3 is 5.97 Å². The van der Waals surface area contributed by atoms with E-state index < -0.39 is 11.4 Å². The van der Waals surface area contributed by atoms with E-state index in [4.69, 9.17) is 4.74 Å². The highest BCUT2D eigenvalue weighted by Gasteiger charge is 2.40. The van der Waals surface area contributed by atoms with Crippen molar-refractivity contribution in [1.29, 1.82) is 0 Å². The summed E-state index contributed by atoms with van der Waals surface area (Å²) in [6.07, 6.45) is 1.69. The Balaban J connectivity index is 2.15. The van der Waals surface area contributed by atoms with Crippen molar-refractivity contribution in [2.24, 2.45) is 5.41 Å². The standard InChI is InChI=1S/C10H13NO3S/c12-9(13)10(1-3-14-4-2-10)5-8-6-15-7-11-8/h6-7H,1-5H2,(H,12,13). The van der Waals surface area contributed by atoms with Crippen LogP contribution in [-0.4, -0.2) is 29.3 Å². The number of hydrogen-bond donors (Lipinski definition) is 1. The molecule has 15 heavy (non-hydrogen) atoms. The third-order valence-corrected chi connectivity index (χ3v) is 3.54. The van der Waals surface area contributed by atoms with Crippen molar-refractivity contribution < 1.29 is 14.6 Å². The third kappa shape index (κ3) is 2.18. The van der Waals surface area contributed by atoms with E-state index in [1.807, 2.05) is 5.38 Å². The van der Waals surface area contributed by atoms with Gasteiger partial charge in [0.05, 0.1) is 16.6 Å².